The van der Waals surface area contributed by atoms with Gasteiger partial charge in [-0.3, -0.25) is 14.4 Å². The maximum absolute atomic E-state index is 12.8. The molecular formula is C17H21Cl2N3O3. The van der Waals surface area contributed by atoms with Crippen LogP contribution in [0.15, 0.2) is 18.2 Å². The SMILES string of the molecule is CC(C)C(NC(=O)c1ccc(Cl)cc1Cl)C(=O)N1CCNC(=O)CC1. The van der Waals surface area contributed by atoms with E-state index in [9.17, 15) is 14.4 Å². The fourth-order valence-electron chi connectivity index (χ4n) is 2.59. The molecule has 0 spiro atoms. The summed E-state index contributed by atoms with van der Waals surface area (Å²) in [5.41, 5.74) is 0.261. The highest BCUT2D eigenvalue weighted by Crippen LogP contribution is 2.21. The van der Waals surface area contributed by atoms with E-state index in [1.807, 2.05) is 13.8 Å². The van der Waals surface area contributed by atoms with Gasteiger partial charge in [0.15, 0.2) is 0 Å². The van der Waals surface area contributed by atoms with Crippen molar-refractivity contribution in [3.63, 3.8) is 0 Å². The lowest BCUT2D eigenvalue weighted by atomic mass is 10.0. The average Bonchev–Trinajstić information content (AvgIpc) is 2.76. The van der Waals surface area contributed by atoms with Gasteiger partial charge in [-0.1, -0.05) is 37.0 Å². The molecule has 1 saturated heterocycles. The number of amides is 3. The molecule has 2 N–H and O–H groups in total. The van der Waals surface area contributed by atoms with Gasteiger partial charge in [-0.05, 0) is 24.1 Å². The van der Waals surface area contributed by atoms with Crippen LogP contribution in [0.1, 0.15) is 30.6 Å². The first-order valence-electron chi connectivity index (χ1n) is 8.11. The van der Waals surface area contributed by atoms with E-state index in [2.05, 4.69) is 10.6 Å². The molecule has 1 aliphatic rings. The predicted molar refractivity (Wildman–Crippen MR) is 96.8 cm³/mol. The van der Waals surface area contributed by atoms with E-state index < -0.39 is 11.9 Å². The van der Waals surface area contributed by atoms with Crippen molar-refractivity contribution in [3.8, 4) is 0 Å². The van der Waals surface area contributed by atoms with Crippen LogP contribution in [0.25, 0.3) is 0 Å². The van der Waals surface area contributed by atoms with Crippen molar-refractivity contribution in [2.24, 2.45) is 5.92 Å². The zero-order valence-electron chi connectivity index (χ0n) is 14.1. The summed E-state index contributed by atoms with van der Waals surface area (Å²) in [5.74, 6) is -0.828. The summed E-state index contributed by atoms with van der Waals surface area (Å²) in [6, 6.07) is 3.88. The second-order valence-electron chi connectivity index (χ2n) is 6.24. The van der Waals surface area contributed by atoms with Crippen molar-refractivity contribution >= 4 is 40.9 Å². The quantitative estimate of drug-likeness (QED) is 0.832. The Labute approximate surface area is 156 Å². The Morgan fingerprint density at radius 2 is 1.96 bits per heavy atom. The van der Waals surface area contributed by atoms with Gasteiger partial charge in [0, 0.05) is 31.1 Å². The number of hydrogen-bond donors (Lipinski definition) is 2. The summed E-state index contributed by atoms with van der Waals surface area (Å²) in [4.78, 5) is 38.4. The molecule has 1 heterocycles. The lowest BCUT2D eigenvalue weighted by Gasteiger charge is -2.28. The lowest BCUT2D eigenvalue weighted by Crippen LogP contribution is -2.52. The van der Waals surface area contributed by atoms with Crippen LogP contribution in [-0.4, -0.2) is 48.3 Å². The van der Waals surface area contributed by atoms with Crippen LogP contribution >= 0.6 is 23.2 Å². The lowest BCUT2D eigenvalue weighted by molar-refractivity contribution is -0.134. The van der Waals surface area contributed by atoms with Crippen LogP contribution in [0.3, 0.4) is 0 Å². The van der Waals surface area contributed by atoms with Gasteiger partial charge >= 0.3 is 0 Å². The number of nitrogens with one attached hydrogen (secondary N) is 2. The molecule has 1 aromatic rings. The molecule has 8 heteroatoms. The standard InChI is InChI=1S/C17H21Cl2N3O3/c1-10(2)15(17(25)22-7-5-14(23)20-6-8-22)21-16(24)12-4-3-11(18)9-13(12)19/h3-4,9-10,15H,5-8H2,1-2H3,(H,20,23)(H,21,24). The van der Waals surface area contributed by atoms with E-state index in [-0.39, 0.29) is 34.7 Å². The molecule has 0 saturated carbocycles. The molecule has 1 aliphatic heterocycles. The minimum absolute atomic E-state index is 0.0756. The summed E-state index contributed by atoms with van der Waals surface area (Å²) in [6.07, 6.45) is 0.257. The van der Waals surface area contributed by atoms with E-state index in [4.69, 9.17) is 23.2 Å². The van der Waals surface area contributed by atoms with Crippen LogP contribution in [0, 0.1) is 5.92 Å². The second-order valence-corrected chi connectivity index (χ2v) is 7.09. The minimum Gasteiger partial charge on any atom is -0.354 e. The third kappa shape index (κ3) is 5.09. The highest BCUT2D eigenvalue weighted by atomic mass is 35.5. The third-order valence-corrected chi connectivity index (χ3v) is 4.57. The van der Waals surface area contributed by atoms with Gasteiger partial charge in [-0.25, -0.2) is 0 Å². The molecule has 25 heavy (non-hydrogen) atoms. The van der Waals surface area contributed by atoms with Gasteiger partial charge in [0.05, 0.1) is 10.6 Å². The van der Waals surface area contributed by atoms with Gasteiger partial charge in [-0.2, -0.15) is 0 Å². The smallest absolute Gasteiger partial charge is 0.253 e. The Morgan fingerprint density at radius 3 is 2.60 bits per heavy atom. The number of hydrogen-bond acceptors (Lipinski definition) is 3. The van der Waals surface area contributed by atoms with E-state index in [0.29, 0.717) is 24.7 Å². The van der Waals surface area contributed by atoms with Gasteiger partial charge in [0.1, 0.15) is 6.04 Å². The minimum atomic E-state index is -0.701. The van der Waals surface area contributed by atoms with Gasteiger partial charge in [0.25, 0.3) is 5.91 Å². The first kappa shape index (κ1) is 19.5. The number of carbonyl (C=O) groups is 3. The zero-order valence-corrected chi connectivity index (χ0v) is 15.7. The number of carbonyl (C=O) groups excluding carboxylic acids is 3. The first-order chi connectivity index (χ1) is 11.8. The fourth-order valence-corrected chi connectivity index (χ4v) is 3.08. The van der Waals surface area contributed by atoms with Crippen molar-refractivity contribution in [1.29, 1.82) is 0 Å². The monoisotopic (exact) mass is 385 g/mol. The zero-order chi connectivity index (χ0) is 18.6. The van der Waals surface area contributed by atoms with Gasteiger partial charge < -0.3 is 15.5 Å². The molecule has 136 valence electrons. The summed E-state index contributed by atoms with van der Waals surface area (Å²) < 4.78 is 0. The Hall–Kier alpha value is -1.79. The maximum Gasteiger partial charge on any atom is 0.253 e. The molecule has 1 fully saturated rings. The average molecular weight is 386 g/mol. The second kappa shape index (κ2) is 8.54. The molecule has 0 bridgehead atoms. The predicted octanol–water partition coefficient (Wildman–Crippen LogP) is 2.10. The summed E-state index contributed by atoms with van der Waals surface area (Å²) in [6.45, 7) is 4.88. The van der Waals surface area contributed by atoms with Crippen LogP contribution in [0.2, 0.25) is 10.0 Å². The van der Waals surface area contributed by atoms with Crippen molar-refractivity contribution in [1.82, 2.24) is 15.5 Å². The van der Waals surface area contributed by atoms with Crippen LogP contribution in [0.5, 0.6) is 0 Å². The largest absolute Gasteiger partial charge is 0.354 e. The molecule has 0 aliphatic carbocycles. The van der Waals surface area contributed by atoms with E-state index in [1.54, 1.807) is 11.0 Å². The van der Waals surface area contributed by atoms with Crippen LogP contribution in [0.4, 0.5) is 0 Å². The molecule has 1 atom stereocenters. The maximum atomic E-state index is 12.8. The van der Waals surface area contributed by atoms with E-state index in [1.165, 1.54) is 12.1 Å². The molecule has 2 rings (SSSR count). The molecule has 3 amide bonds. The Kier molecular flexibility index (Phi) is 6.67. The van der Waals surface area contributed by atoms with Crippen molar-refractivity contribution in [2.75, 3.05) is 19.6 Å². The Bertz CT molecular complexity index is 679. The Morgan fingerprint density at radius 1 is 1.24 bits per heavy atom. The van der Waals surface area contributed by atoms with Gasteiger partial charge in [0.2, 0.25) is 11.8 Å². The molecule has 0 radical (unpaired) electrons. The molecule has 0 aromatic heterocycles. The molecule has 1 aromatic carbocycles. The van der Waals surface area contributed by atoms with Crippen LogP contribution < -0.4 is 10.6 Å². The first-order valence-corrected chi connectivity index (χ1v) is 8.86. The van der Waals surface area contributed by atoms with E-state index >= 15 is 0 Å². The fraction of sp³-hybridized carbons (Fsp3) is 0.471. The van der Waals surface area contributed by atoms with E-state index in [0.717, 1.165) is 0 Å². The molecule has 1 unspecified atom stereocenters. The van der Waals surface area contributed by atoms with Gasteiger partial charge in [-0.15, -0.1) is 0 Å². The topological polar surface area (TPSA) is 78.5 Å². The highest BCUT2D eigenvalue weighted by molar-refractivity contribution is 6.36. The van der Waals surface area contributed by atoms with Crippen molar-refractivity contribution in [3.05, 3.63) is 33.8 Å². The number of nitrogens with zero attached hydrogens (tertiary/aromatic N) is 1. The molecular weight excluding hydrogens is 365 g/mol. The normalized spacial score (nSPS) is 16.2. The summed E-state index contributed by atoms with van der Waals surface area (Å²) in [5, 5.41) is 6.14. The number of halogens is 2. The molecule has 6 nitrogen and oxygen atoms in total. The number of benzene rings is 1. The summed E-state index contributed by atoms with van der Waals surface area (Å²) in [7, 11) is 0. The Balaban J connectivity index is 2.13. The summed E-state index contributed by atoms with van der Waals surface area (Å²) >= 11 is 11.9. The third-order valence-electron chi connectivity index (χ3n) is 4.02. The highest BCUT2D eigenvalue weighted by Gasteiger charge is 2.30. The van der Waals surface area contributed by atoms with Crippen molar-refractivity contribution < 1.29 is 14.4 Å². The number of rotatable bonds is 4. The van der Waals surface area contributed by atoms with Crippen LogP contribution in [-0.2, 0) is 9.59 Å². The van der Waals surface area contributed by atoms with Crippen molar-refractivity contribution in [2.45, 2.75) is 26.3 Å².